The van der Waals surface area contributed by atoms with E-state index >= 15 is 0 Å². The Morgan fingerprint density at radius 3 is 2.88 bits per heavy atom. The van der Waals surface area contributed by atoms with Gasteiger partial charge in [0, 0.05) is 10.9 Å². The molecule has 0 spiro atoms. The maximum Gasteiger partial charge on any atom is 0.262 e. The third kappa shape index (κ3) is 4.07. The number of hydrogen-bond donors (Lipinski definition) is 2. The summed E-state index contributed by atoms with van der Waals surface area (Å²) in [5, 5.41) is 7.62. The molecule has 0 unspecified atom stereocenters. The van der Waals surface area contributed by atoms with Gasteiger partial charge >= 0.3 is 0 Å². The number of ether oxygens (including phenoxy) is 1. The normalized spacial score (nSPS) is 16.9. The molecular formula is C17H15BrClN3O2. The van der Waals surface area contributed by atoms with Crippen LogP contribution >= 0.6 is 27.5 Å². The quantitative estimate of drug-likeness (QED) is 0.807. The molecule has 1 aliphatic heterocycles. The molecule has 0 saturated carbocycles. The zero-order valence-corrected chi connectivity index (χ0v) is 15.2. The van der Waals surface area contributed by atoms with Crippen molar-refractivity contribution in [3.63, 3.8) is 0 Å². The fraction of sp³-hybridized carbons (Fsp3) is 0.176. The smallest absolute Gasteiger partial charge is 0.262 e. The standard InChI is InChI=1S/C17H15BrClN3O2/c1-10-17(23)22-21-16(20-10)8-11-5-6-14(19)15(7-11)24-13-4-2-3-12(18)9-13/h2-7,9-10H,8H2,1H3,(H,20,21)(H,22,23)/t10-/m0/s1. The van der Waals surface area contributed by atoms with Gasteiger partial charge < -0.3 is 10.1 Å². The van der Waals surface area contributed by atoms with Crippen molar-refractivity contribution >= 4 is 39.3 Å². The summed E-state index contributed by atoms with van der Waals surface area (Å²) in [6, 6.07) is 12.8. The van der Waals surface area contributed by atoms with Gasteiger partial charge in [-0.2, -0.15) is 5.10 Å². The maximum atomic E-state index is 11.4. The molecule has 0 aromatic heterocycles. The highest BCUT2D eigenvalue weighted by atomic mass is 79.9. The first-order chi connectivity index (χ1) is 11.5. The van der Waals surface area contributed by atoms with Gasteiger partial charge in [-0.1, -0.05) is 39.7 Å². The summed E-state index contributed by atoms with van der Waals surface area (Å²) in [4.78, 5) is 11.4. The van der Waals surface area contributed by atoms with Crippen LogP contribution in [-0.4, -0.2) is 17.8 Å². The molecule has 2 N–H and O–H groups in total. The molecule has 0 fully saturated rings. The summed E-state index contributed by atoms with van der Waals surface area (Å²) in [6.07, 6.45) is 0.538. The molecule has 0 aliphatic carbocycles. The van der Waals surface area contributed by atoms with E-state index in [9.17, 15) is 4.79 Å². The lowest BCUT2D eigenvalue weighted by Crippen LogP contribution is -2.49. The van der Waals surface area contributed by atoms with E-state index in [1.54, 1.807) is 13.0 Å². The number of carbonyl (C=O) groups is 1. The molecule has 0 saturated heterocycles. The Kier molecular flexibility index (Phi) is 5.06. The average molecular weight is 409 g/mol. The summed E-state index contributed by atoms with van der Waals surface area (Å²) < 4.78 is 6.79. The predicted molar refractivity (Wildman–Crippen MR) is 97.5 cm³/mol. The van der Waals surface area contributed by atoms with Gasteiger partial charge in [-0.3, -0.25) is 4.79 Å². The number of amides is 1. The number of nitrogens with one attached hydrogen (secondary N) is 2. The van der Waals surface area contributed by atoms with Crippen LogP contribution in [0.3, 0.4) is 0 Å². The Bertz CT molecular complexity index is 810. The minimum Gasteiger partial charge on any atom is -0.456 e. The molecule has 7 heteroatoms. The Balaban J connectivity index is 1.78. The van der Waals surface area contributed by atoms with Crippen LogP contribution in [0.1, 0.15) is 12.5 Å². The molecule has 1 amide bonds. The van der Waals surface area contributed by atoms with E-state index < -0.39 is 0 Å². The predicted octanol–water partition coefficient (Wildman–Crippen LogP) is 3.86. The zero-order chi connectivity index (χ0) is 17.1. The summed E-state index contributed by atoms with van der Waals surface area (Å²) in [5.41, 5.74) is 3.47. The number of benzene rings is 2. The minimum absolute atomic E-state index is 0.145. The van der Waals surface area contributed by atoms with Crippen molar-refractivity contribution in [2.24, 2.45) is 5.10 Å². The van der Waals surface area contributed by atoms with Crippen LogP contribution in [0.15, 0.2) is 52.0 Å². The monoisotopic (exact) mass is 407 g/mol. The minimum atomic E-state index is -0.304. The van der Waals surface area contributed by atoms with Crippen LogP contribution in [-0.2, 0) is 11.2 Å². The fourth-order valence-corrected chi connectivity index (χ4v) is 2.78. The molecule has 2 aromatic rings. The maximum absolute atomic E-state index is 11.4. The van der Waals surface area contributed by atoms with E-state index in [1.165, 1.54) is 0 Å². The second-order valence-corrected chi connectivity index (χ2v) is 6.72. The SMILES string of the molecule is C[C@@H]1NC(Cc2ccc(Cl)c(Oc3cccc(Br)c3)c2)=NNC1=O. The Hall–Kier alpha value is -2.05. The van der Waals surface area contributed by atoms with Gasteiger partial charge in [-0.25, -0.2) is 5.43 Å². The van der Waals surface area contributed by atoms with E-state index in [1.807, 2.05) is 36.4 Å². The second kappa shape index (κ2) is 7.23. The number of halogens is 2. The van der Waals surface area contributed by atoms with Crippen molar-refractivity contribution in [2.75, 3.05) is 0 Å². The van der Waals surface area contributed by atoms with Gasteiger partial charge in [0.25, 0.3) is 5.91 Å². The summed E-state index contributed by atoms with van der Waals surface area (Å²) in [6.45, 7) is 1.79. The molecule has 1 aliphatic rings. The van der Waals surface area contributed by atoms with Crippen molar-refractivity contribution < 1.29 is 9.53 Å². The highest BCUT2D eigenvalue weighted by molar-refractivity contribution is 9.10. The van der Waals surface area contributed by atoms with E-state index in [2.05, 4.69) is 31.8 Å². The van der Waals surface area contributed by atoms with E-state index in [4.69, 9.17) is 16.3 Å². The lowest BCUT2D eigenvalue weighted by Gasteiger charge is -2.20. The fourth-order valence-electron chi connectivity index (χ4n) is 2.24. The third-order valence-electron chi connectivity index (χ3n) is 3.47. The van der Waals surface area contributed by atoms with Crippen molar-refractivity contribution in [1.82, 2.24) is 10.7 Å². The van der Waals surface area contributed by atoms with Gasteiger partial charge in [0.1, 0.15) is 23.4 Å². The first-order valence-electron chi connectivity index (χ1n) is 7.36. The van der Waals surface area contributed by atoms with Gasteiger partial charge in [-0.15, -0.1) is 0 Å². The Morgan fingerprint density at radius 1 is 1.29 bits per heavy atom. The number of hydrazone groups is 1. The van der Waals surface area contributed by atoms with Gasteiger partial charge in [0.2, 0.25) is 0 Å². The molecule has 1 atom stereocenters. The molecule has 24 heavy (non-hydrogen) atoms. The van der Waals surface area contributed by atoms with Crippen molar-refractivity contribution in [3.05, 3.63) is 57.5 Å². The number of rotatable bonds is 4. The number of hydrogen-bond acceptors (Lipinski definition) is 4. The van der Waals surface area contributed by atoms with Crippen LogP contribution in [0.25, 0.3) is 0 Å². The lowest BCUT2D eigenvalue weighted by molar-refractivity contribution is -0.122. The lowest BCUT2D eigenvalue weighted by atomic mass is 10.1. The summed E-state index contributed by atoms with van der Waals surface area (Å²) >= 11 is 9.64. The molecule has 5 nitrogen and oxygen atoms in total. The van der Waals surface area contributed by atoms with E-state index in [0.717, 1.165) is 10.0 Å². The highest BCUT2D eigenvalue weighted by Crippen LogP contribution is 2.31. The van der Waals surface area contributed by atoms with Crippen LogP contribution in [0.2, 0.25) is 5.02 Å². The molecule has 3 rings (SSSR count). The average Bonchev–Trinajstić information content (AvgIpc) is 2.54. The molecular weight excluding hydrogens is 394 g/mol. The molecule has 2 aromatic carbocycles. The topological polar surface area (TPSA) is 62.7 Å². The molecule has 124 valence electrons. The van der Waals surface area contributed by atoms with E-state index in [0.29, 0.717) is 28.8 Å². The zero-order valence-electron chi connectivity index (χ0n) is 12.8. The number of nitrogens with zero attached hydrogens (tertiary/aromatic N) is 1. The van der Waals surface area contributed by atoms with Crippen molar-refractivity contribution in [2.45, 2.75) is 19.4 Å². The summed E-state index contributed by atoms with van der Waals surface area (Å²) in [7, 11) is 0. The molecule has 0 radical (unpaired) electrons. The van der Waals surface area contributed by atoms with Gasteiger partial charge in [0.15, 0.2) is 0 Å². The number of amidine groups is 1. The highest BCUT2D eigenvalue weighted by Gasteiger charge is 2.19. The first kappa shape index (κ1) is 16.8. The molecule has 1 heterocycles. The number of carbonyl (C=O) groups excluding carboxylic acids is 1. The van der Waals surface area contributed by atoms with Crippen LogP contribution in [0, 0.1) is 0 Å². The Labute approximate surface area is 153 Å². The van der Waals surface area contributed by atoms with Gasteiger partial charge in [0.05, 0.1) is 5.02 Å². The van der Waals surface area contributed by atoms with Crippen LogP contribution in [0.4, 0.5) is 0 Å². The van der Waals surface area contributed by atoms with Crippen LogP contribution < -0.4 is 15.5 Å². The van der Waals surface area contributed by atoms with Crippen molar-refractivity contribution in [3.8, 4) is 11.5 Å². The first-order valence-corrected chi connectivity index (χ1v) is 8.53. The second-order valence-electron chi connectivity index (χ2n) is 5.40. The van der Waals surface area contributed by atoms with Crippen molar-refractivity contribution in [1.29, 1.82) is 0 Å². The van der Waals surface area contributed by atoms with Gasteiger partial charge in [-0.05, 0) is 42.8 Å². The van der Waals surface area contributed by atoms with E-state index in [-0.39, 0.29) is 11.9 Å². The largest absolute Gasteiger partial charge is 0.456 e. The Morgan fingerprint density at radius 2 is 2.12 bits per heavy atom. The third-order valence-corrected chi connectivity index (χ3v) is 4.27. The molecule has 0 bridgehead atoms. The summed E-state index contributed by atoms with van der Waals surface area (Å²) in [5.74, 6) is 1.81. The van der Waals surface area contributed by atoms with Crippen LogP contribution in [0.5, 0.6) is 11.5 Å².